The highest BCUT2D eigenvalue weighted by Gasteiger charge is 2.12. The molecule has 4 heteroatoms. The van der Waals surface area contributed by atoms with Gasteiger partial charge in [0.2, 0.25) is 0 Å². The SMILES string of the molecule is CCO/C(C)=N\C(=O)c1ccccc1OCc1ccccc1. The highest BCUT2D eigenvalue weighted by Crippen LogP contribution is 2.20. The Morgan fingerprint density at radius 1 is 1.05 bits per heavy atom. The number of carbonyl (C=O) groups is 1. The number of aliphatic imine (C=N–C) groups is 1. The molecule has 0 unspecified atom stereocenters. The quantitative estimate of drug-likeness (QED) is 0.622. The number of carbonyl (C=O) groups excluding carboxylic acids is 1. The predicted octanol–water partition coefficient (Wildman–Crippen LogP) is 3.86. The zero-order valence-corrected chi connectivity index (χ0v) is 12.8. The monoisotopic (exact) mass is 297 g/mol. The zero-order valence-electron chi connectivity index (χ0n) is 12.8. The second-order valence-electron chi connectivity index (χ2n) is 4.64. The summed E-state index contributed by atoms with van der Waals surface area (Å²) >= 11 is 0. The summed E-state index contributed by atoms with van der Waals surface area (Å²) in [6.45, 7) is 4.39. The van der Waals surface area contributed by atoms with Crippen molar-refractivity contribution in [1.29, 1.82) is 0 Å². The van der Waals surface area contributed by atoms with Crippen molar-refractivity contribution in [2.45, 2.75) is 20.5 Å². The molecule has 0 aliphatic carbocycles. The van der Waals surface area contributed by atoms with Gasteiger partial charge in [0.15, 0.2) is 5.90 Å². The van der Waals surface area contributed by atoms with Crippen LogP contribution in [0.1, 0.15) is 29.8 Å². The number of hydrogen-bond acceptors (Lipinski definition) is 3. The van der Waals surface area contributed by atoms with E-state index in [1.54, 1.807) is 25.1 Å². The third kappa shape index (κ3) is 4.45. The highest BCUT2D eigenvalue weighted by molar-refractivity contribution is 6.03. The molecule has 0 saturated heterocycles. The van der Waals surface area contributed by atoms with Crippen molar-refractivity contribution >= 4 is 11.8 Å². The van der Waals surface area contributed by atoms with E-state index in [1.165, 1.54) is 0 Å². The third-order valence-corrected chi connectivity index (χ3v) is 2.97. The van der Waals surface area contributed by atoms with E-state index in [4.69, 9.17) is 9.47 Å². The van der Waals surface area contributed by atoms with Crippen LogP contribution in [0.15, 0.2) is 59.6 Å². The van der Waals surface area contributed by atoms with E-state index in [-0.39, 0.29) is 5.91 Å². The lowest BCUT2D eigenvalue weighted by Gasteiger charge is -2.09. The molecule has 114 valence electrons. The summed E-state index contributed by atoms with van der Waals surface area (Å²) in [7, 11) is 0. The van der Waals surface area contributed by atoms with E-state index in [2.05, 4.69) is 4.99 Å². The Morgan fingerprint density at radius 2 is 1.73 bits per heavy atom. The fourth-order valence-electron chi connectivity index (χ4n) is 1.95. The molecule has 0 aromatic heterocycles. The third-order valence-electron chi connectivity index (χ3n) is 2.97. The summed E-state index contributed by atoms with van der Waals surface area (Å²) < 4.78 is 10.9. The lowest BCUT2D eigenvalue weighted by Crippen LogP contribution is -2.06. The molecule has 4 nitrogen and oxygen atoms in total. The molecule has 0 heterocycles. The maximum absolute atomic E-state index is 12.2. The molecule has 2 rings (SSSR count). The van der Waals surface area contributed by atoms with Gasteiger partial charge in [-0.05, 0) is 24.6 Å². The largest absolute Gasteiger partial charge is 0.488 e. The van der Waals surface area contributed by atoms with Gasteiger partial charge in [0.1, 0.15) is 12.4 Å². The maximum atomic E-state index is 12.2. The Bertz CT molecular complexity index is 650. The van der Waals surface area contributed by atoms with Gasteiger partial charge in [0.25, 0.3) is 5.91 Å². The molecule has 0 spiro atoms. The Kier molecular flexibility index (Phi) is 5.72. The molecule has 0 bridgehead atoms. The summed E-state index contributed by atoms with van der Waals surface area (Å²) in [6, 6.07) is 16.9. The van der Waals surface area contributed by atoms with Crippen LogP contribution >= 0.6 is 0 Å². The topological polar surface area (TPSA) is 47.9 Å². The van der Waals surface area contributed by atoms with Crippen LogP contribution < -0.4 is 4.74 Å². The molecule has 1 amide bonds. The van der Waals surface area contributed by atoms with Crippen LogP contribution in [0.3, 0.4) is 0 Å². The fourth-order valence-corrected chi connectivity index (χ4v) is 1.95. The Labute approximate surface area is 130 Å². The smallest absolute Gasteiger partial charge is 0.283 e. The molecule has 0 radical (unpaired) electrons. The minimum absolute atomic E-state index is 0.352. The van der Waals surface area contributed by atoms with E-state index in [1.807, 2.05) is 43.3 Å². The summed E-state index contributed by atoms with van der Waals surface area (Å²) in [5.74, 6) is 0.504. The average molecular weight is 297 g/mol. The van der Waals surface area contributed by atoms with Gasteiger partial charge in [-0.2, -0.15) is 4.99 Å². The van der Waals surface area contributed by atoms with Crippen molar-refractivity contribution in [1.82, 2.24) is 0 Å². The Morgan fingerprint density at radius 3 is 2.45 bits per heavy atom. The van der Waals surface area contributed by atoms with Crippen molar-refractivity contribution < 1.29 is 14.3 Å². The molecule has 2 aromatic rings. The van der Waals surface area contributed by atoms with Gasteiger partial charge in [-0.1, -0.05) is 42.5 Å². The zero-order chi connectivity index (χ0) is 15.8. The summed E-state index contributed by atoms with van der Waals surface area (Å²) in [4.78, 5) is 16.1. The number of amides is 1. The normalized spacial score (nSPS) is 11.1. The van der Waals surface area contributed by atoms with E-state index in [0.717, 1.165) is 5.56 Å². The highest BCUT2D eigenvalue weighted by atomic mass is 16.5. The number of para-hydroxylation sites is 1. The van der Waals surface area contributed by atoms with E-state index in [0.29, 0.717) is 30.4 Å². The van der Waals surface area contributed by atoms with Gasteiger partial charge in [-0.3, -0.25) is 4.79 Å². The van der Waals surface area contributed by atoms with Gasteiger partial charge >= 0.3 is 0 Å². The van der Waals surface area contributed by atoms with Gasteiger partial charge in [0, 0.05) is 6.92 Å². The molecule has 0 atom stereocenters. The van der Waals surface area contributed by atoms with Crippen LogP contribution in [0.4, 0.5) is 0 Å². The molecule has 0 N–H and O–H groups in total. The summed E-state index contributed by atoms with van der Waals surface area (Å²) in [6.07, 6.45) is 0. The minimum Gasteiger partial charge on any atom is -0.488 e. The maximum Gasteiger partial charge on any atom is 0.283 e. The first-order valence-corrected chi connectivity index (χ1v) is 7.19. The van der Waals surface area contributed by atoms with Crippen LogP contribution in [-0.4, -0.2) is 18.4 Å². The number of rotatable bonds is 5. The molecule has 0 aliphatic heterocycles. The first-order chi connectivity index (χ1) is 10.7. The van der Waals surface area contributed by atoms with Crippen LogP contribution in [-0.2, 0) is 11.3 Å². The Balaban J connectivity index is 2.13. The lowest BCUT2D eigenvalue weighted by molar-refractivity contribution is 0.0995. The number of hydrogen-bond donors (Lipinski definition) is 0. The van der Waals surface area contributed by atoms with Crippen molar-refractivity contribution in [2.75, 3.05) is 6.61 Å². The van der Waals surface area contributed by atoms with E-state index < -0.39 is 0 Å². The van der Waals surface area contributed by atoms with Crippen molar-refractivity contribution in [3.63, 3.8) is 0 Å². The molecular formula is C18H19NO3. The molecule has 2 aromatic carbocycles. The van der Waals surface area contributed by atoms with Crippen molar-refractivity contribution in [3.05, 3.63) is 65.7 Å². The van der Waals surface area contributed by atoms with Crippen LogP contribution in [0.25, 0.3) is 0 Å². The predicted molar refractivity (Wildman–Crippen MR) is 86.3 cm³/mol. The summed E-state index contributed by atoms with van der Waals surface area (Å²) in [5, 5.41) is 0. The minimum atomic E-state index is -0.366. The second kappa shape index (κ2) is 7.98. The molecule has 0 aliphatic rings. The van der Waals surface area contributed by atoms with Gasteiger partial charge in [0.05, 0.1) is 12.2 Å². The van der Waals surface area contributed by atoms with Gasteiger partial charge in [-0.15, -0.1) is 0 Å². The standard InChI is InChI=1S/C18H19NO3/c1-3-21-14(2)19-18(20)16-11-7-8-12-17(16)22-13-15-9-5-4-6-10-15/h4-12H,3,13H2,1-2H3/b19-14-. The van der Waals surface area contributed by atoms with E-state index >= 15 is 0 Å². The number of benzene rings is 2. The fraction of sp³-hybridized carbons (Fsp3) is 0.222. The lowest BCUT2D eigenvalue weighted by atomic mass is 10.2. The first-order valence-electron chi connectivity index (χ1n) is 7.19. The average Bonchev–Trinajstić information content (AvgIpc) is 2.54. The van der Waals surface area contributed by atoms with Crippen LogP contribution in [0, 0.1) is 0 Å². The van der Waals surface area contributed by atoms with Crippen LogP contribution in [0.2, 0.25) is 0 Å². The summed E-state index contributed by atoms with van der Waals surface area (Å²) in [5.41, 5.74) is 1.47. The van der Waals surface area contributed by atoms with Crippen LogP contribution in [0.5, 0.6) is 5.75 Å². The first kappa shape index (κ1) is 15.8. The number of nitrogens with zero attached hydrogens (tertiary/aromatic N) is 1. The molecular weight excluding hydrogens is 278 g/mol. The van der Waals surface area contributed by atoms with Crippen molar-refractivity contribution in [2.24, 2.45) is 4.99 Å². The van der Waals surface area contributed by atoms with Crippen molar-refractivity contribution in [3.8, 4) is 5.75 Å². The molecule has 0 saturated carbocycles. The van der Waals surface area contributed by atoms with Gasteiger partial charge < -0.3 is 9.47 Å². The number of ether oxygens (including phenoxy) is 2. The van der Waals surface area contributed by atoms with E-state index in [9.17, 15) is 4.79 Å². The molecule has 22 heavy (non-hydrogen) atoms. The van der Waals surface area contributed by atoms with Gasteiger partial charge in [-0.25, -0.2) is 0 Å². The molecule has 0 fully saturated rings. The second-order valence-corrected chi connectivity index (χ2v) is 4.64. The Hall–Kier alpha value is -2.62.